The molecule has 0 amide bonds. The molecule has 2 N–H and O–H groups in total. The second-order valence-electron chi connectivity index (χ2n) is 7.74. The Hall–Kier alpha value is -3.15. The number of carboxylic acid groups (broad SMARTS) is 2. The molecule has 2 unspecified atom stereocenters. The molecule has 0 radical (unpaired) electrons. The van der Waals surface area contributed by atoms with Gasteiger partial charge in [0.05, 0.1) is 17.0 Å². The first-order valence-electron chi connectivity index (χ1n) is 9.99. The first-order chi connectivity index (χ1) is 14.0. The summed E-state index contributed by atoms with van der Waals surface area (Å²) in [5, 5.41) is 19.2. The van der Waals surface area contributed by atoms with Crippen LogP contribution in [0.3, 0.4) is 0 Å². The monoisotopic (exact) mass is 392 g/mol. The highest BCUT2D eigenvalue weighted by Crippen LogP contribution is 2.42. The molecule has 4 rings (SSSR count). The van der Waals surface area contributed by atoms with Crippen LogP contribution in [0.25, 0.3) is 11.0 Å². The van der Waals surface area contributed by atoms with Crippen LogP contribution in [0.2, 0.25) is 0 Å². The molecule has 0 bridgehead atoms. The second kappa shape index (κ2) is 7.70. The predicted molar refractivity (Wildman–Crippen MR) is 109 cm³/mol. The largest absolute Gasteiger partial charge is 0.481 e. The molecule has 6 nitrogen and oxygen atoms in total. The Balaban J connectivity index is 1.68. The van der Waals surface area contributed by atoms with E-state index in [1.54, 1.807) is 0 Å². The molecule has 1 heterocycles. The third-order valence-corrected chi connectivity index (χ3v) is 5.74. The summed E-state index contributed by atoms with van der Waals surface area (Å²) in [6.45, 7) is 2.34. The van der Waals surface area contributed by atoms with Crippen molar-refractivity contribution in [2.45, 2.75) is 44.6 Å². The van der Waals surface area contributed by atoms with Crippen molar-refractivity contribution < 1.29 is 19.8 Å². The van der Waals surface area contributed by atoms with Gasteiger partial charge in [-0.15, -0.1) is 0 Å². The smallest absolute Gasteiger partial charge is 0.314 e. The van der Waals surface area contributed by atoms with Crippen LogP contribution in [0.4, 0.5) is 0 Å². The van der Waals surface area contributed by atoms with E-state index < -0.39 is 23.8 Å². The lowest BCUT2D eigenvalue weighted by Gasteiger charge is -2.15. The molecule has 0 aliphatic heterocycles. The molecule has 1 saturated carbocycles. The number of hydrogen-bond donors (Lipinski definition) is 2. The summed E-state index contributed by atoms with van der Waals surface area (Å²) in [4.78, 5) is 28.0. The molecule has 1 fully saturated rings. The zero-order valence-electron chi connectivity index (χ0n) is 16.3. The fraction of sp³-hybridized carbons (Fsp3) is 0.348. The summed E-state index contributed by atoms with van der Waals surface area (Å²) < 4.78 is 1.96. The zero-order chi connectivity index (χ0) is 20.5. The number of nitrogens with zero attached hydrogens (tertiary/aromatic N) is 2. The first kappa shape index (κ1) is 19.2. The minimum absolute atomic E-state index is 0.239. The number of carboxylic acids is 2. The molecule has 1 aliphatic rings. The number of imidazole rings is 1. The molecule has 3 aromatic rings. The van der Waals surface area contributed by atoms with Crippen molar-refractivity contribution in [3.05, 3.63) is 65.5 Å². The normalized spacial score (nSPS) is 15.9. The van der Waals surface area contributed by atoms with Crippen molar-refractivity contribution in [3.8, 4) is 0 Å². The van der Waals surface area contributed by atoms with Crippen molar-refractivity contribution in [1.82, 2.24) is 9.55 Å². The topological polar surface area (TPSA) is 92.4 Å². The molecule has 29 heavy (non-hydrogen) atoms. The molecule has 1 aromatic heterocycles. The van der Waals surface area contributed by atoms with E-state index in [1.165, 1.54) is 0 Å². The standard InChI is InChI=1S/C23H24N2O4/c1-2-17(22(26)27)21-24-18-5-3-4-6-19(18)25(21)13-14-7-9-15(10-8-14)20(23(28)29)16-11-12-16/h3-10,16-17,20H,2,11-13H2,1H3,(H,26,27)(H,28,29). The molecule has 2 aromatic carbocycles. The highest BCUT2D eigenvalue weighted by molar-refractivity contribution is 5.80. The van der Waals surface area contributed by atoms with Crippen LogP contribution >= 0.6 is 0 Å². The minimum atomic E-state index is -0.881. The van der Waals surface area contributed by atoms with Gasteiger partial charge in [-0.3, -0.25) is 9.59 Å². The fourth-order valence-corrected chi connectivity index (χ4v) is 4.05. The maximum Gasteiger partial charge on any atom is 0.314 e. The van der Waals surface area contributed by atoms with Crippen molar-refractivity contribution >= 4 is 23.0 Å². The van der Waals surface area contributed by atoms with E-state index in [9.17, 15) is 19.8 Å². The van der Waals surface area contributed by atoms with E-state index in [-0.39, 0.29) is 5.92 Å². The quantitative estimate of drug-likeness (QED) is 0.598. The van der Waals surface area contributed by atoms with Gasteiger partial charge < -0.3 is 14.8 Å². The molecular formula is C23H24N2O4. The van der Waals surface area contributed by atoms with Gasteiger partial charge in [0.25, 0.3) is 0 Å². The van der Waals surface area contributed by atoms with E-state index in [1.807, 2.05) is 60.0 Å². The van der Waals surface area contributed by atoms with Crippen LogP contribution in [0.5, 0.6) is 0 Å². The highest BCUT2D eigenvalue weighted by atomic mass is 16.4. The zero-order valence-corrected chi connectivity index (χ0v) is 16.3. The Labute approximate surface area is 168 Å². The van der Waals surface area contributed by atoms with Crippen LogP contribution in [-0.2, 0) is 16.1 Å². The van der Waals surface area contributed by atoms with E-state index in [0.717, 1.165) is 35.0 Å². The summed E-state index contributed by atoms with van der Waals surface area (Å²) in [5.41, 5.74) is 3.49. The number of fused-ring (bicyclic) bond motifs is 1. The SMILES string of the molecule is CCC(C(=O)O)c1nc2ccccc2n1Cc1ccc(C(C(=O)O)C2CC2)cc1. The van der Waals surface area contributed by atoms with Crippen molar-refractivity contribution in [3.63, 3.8) is 0 Å². The van der Waals surface area contributed by atoms with E-state index in [4.69, 9.17) is 0 Å². The number of aromatic nitrogens is 2. The summed E-state index contributed by atoms with van der Waals surface area (Å²) >= 11 is 0. The fourth-order valence-electron chi connectivity index (χ4n) is 4.05. The Morgan fingerprint density at radius 3 is 2.34 bits per heavy atom. The lowest BCUT2D eigenvalue weighted by Crippen LogP contribution is -2.17. The Kier molecular flexibility index (Phi) is 5.09. The van der Waals surface area contributed by atoms with Crippen molar-refractivity contribution in [1.29, 1.82) is 0 Å². The lowest BCUT2D eigenvalue weighted by molar-refractivity contribution is -0.140. The van der Waals surface area contributed by atoms with Gasteiger partial charge in [-0.2, -0.15) is 0 Å². The summed E-state index contributed by atoms with van der Waals surface area (Å²) in [7, 11) is 0. The number of aliphatic carboxylic acids is 2. The average Bonchev–Trinajstić information content (AvgIpc) is 3.46. The van der Waals surface area contributed by atoms with Crippen LogP contribution in [0, 0.1) is 5.92 Å². The van der Waals surface area contributed by atoms with Gasteiger partial charge in [0, 0.05) is 6.54 Å². The second-order valence-corrected chi connectivity index (χ2v) is 7.74. The van der Waals surface area contributed by atoms with Gasteiger partial charge in [0.15, 0.2) is 0 Å². The van der Waals surface area contributed by atoms with E-state index in [0.29, 0.717) is 18.8 Å². The van der Waals surface area contributed by atoms with Gasteiger partial charge in [-0.1, -0.05) is 43.3 Å². The molecule has 0 spiro atoms. The summed E-state index contributed by atoms with van der Waals surface area (Å²) in [6.07, 6.45) is 2.40. The van der Waals surface area contributed by atoms with Crippen LogP contribution in [0.15, 0.2) is 48.5 Å². The highest BCUT2D eigenvalue weighted by Gasteiger charge is 2.37. The van der Waals surface area contributed by atoms with Gasteiger partial charge >= 0.3 is 11.9 Å². The number of benzene rings is 2. The third kappa shape index (κ3) is 3.75. The van der Waals surface area contributed by atoms with Gasteiger partial charge in [-0.25, -0.2) is 4.98 Å². The maximum absolute atomic E-state index is 11.8. The number of rotatable bonds is 8. The molecule has 0 saturated heterocycles. The molecule has 6 heteroatoms. The Morgan fingerprint density at radius 1 is 1.07 bits per heavy atom. The van der Waals surface area contributed by atoms with Gasteiger partial charge in [-0.05, 0) is 48.4 Å². The molecule has 2 atom stereocenters. The summed E-state index contributed by atoms with van der Waals surface area (Å²) in [6, 6.07) is 15.3. The number of hydrogen-bond acceptors (Lipinski definition) is 3. The first-order valence-corrected chi connectivity index (χ1v) is 9.99. The van der Waals surface area contributed by atoms with E-state index >= 15 is 0 Å². The van der Waals surface area contributed by atoms with Gasteiger partial charge in [0.1, 0.15) is 11.7 Å². The van der Waals surface area contributed by atoms with Crippen LogP contribution in [-0.4, -0.2) is 31.7 Å². The van der Waals surface area contributed by atoms with E-state index in [2.05, 4.69) is 4.98 Å². The summed E-state index contributed by atoms with van der Waals surface area (Å²) in [5.74, 6) is -1.98. The van der Waals surface area contributed by atoms with Crippen molar-refractivity contribution in [2.24, 2.45) is 5.92 Å². The molecular weight excluding hydrogens is 368 g/mol. The van der Waals surface area contributed by atoms with Crippen LogP contribution < -0.4 is 0 Å². The molecule has 1 aliphatic carbocycles. The molecule has 150 valence electrons. The Bertz CT molecular complexity index is 1050. The number of para-hydroxylation sites is 2. The van der Waals surface area contributed by atoms with Crippen molar-refractivity contribution in [2.75, 3.05) is 0 Å². The minimum Gasteiger partial charge on any atom is -0.481 e. The Morgan fingerprint density at radius 2 is 1.76 bits per heavy atom. The third-order valence-electron chi connectivity index (χ3n) is 5.74. The number of carbonyl (C=O) groups is 2. The van der Waals surface area contributed by atoms with Gasteiger partial charge in [0.2, 0.25) is 0 Å². The maximum atomic E-state index is 11.8. The van der Waals surface area contributed by atoms with Crippen LogP contribution in [0.1, 0.15) is 55.0 Å². The lowest BCUT2D eigenvalue weighted by atomic mass is 9.93. The average molecular weight is 392 g/mol. The predicted octanol–water partition coefficient (Wildman–Crippen LogP) is 4.24.